The zero-order valence-electron chi connectivity index (χ0n) is 16.5. The van der Waals surface area contributed by atoms with E-state index in [2.05, 4.69) is 26.0 Å². The molecule has 2 heteroatoms. The molecule has 0 nitrogen and oxygen atoms in total. The Labute approximate surface area is 166 Å². The Morgan fingerprint density at radius 3 is 1.93 bits per heavy atom. The Hall–Kier alpha value is -2.74. The van der Waals surface area contributed by atoms with E-state index in [1.165, 1.54) is 5.56 Å². The first-order valence-electron chi connectivity index (χ1n) is 9.86. The van der Waals surface area contributed by atoms with Crippen LogP contribution in [0.4, 0.5) is 8.78 Å². The number of aryl methyl sites for hydroxylation is 1. The predicted octanol–water partition coefficient (Wildman–Crippen LogP) is 7.43. The number of hydrogen-bond donors (Lipinski definition) is 0. The second-order valence-corrected chi connectivity index (χ2v) is 7.31. The lowest BCUT2D eigenvalue weighted by Gasteiger charge is -2.12. The van der Waals surface area contributed by atoms with Crippen LogP contribution in [0.15, 0.2) is 66.7 Å². The number of rotatable bonds is 7. The second kappa shape index (κ2) is 9.45. The molecule has 0 aliphatic carbocycles. The quantitative estimate of drug-likeness (QED) is 0.376. The van der Waals surface area contributed by atoms with Gasteiger partial charge in [-0.2, -0.15) is 0 Å². The normalized spacial score (nSPS) is 12.4. The fraction of sp³-hybridized carbons (Fsp3) is 0.231. The maximum Gasteiger partial charge on any atom is 0.130 e. The monoisotopic (exact) mass is 376 g/mol. The van der Waals surface area contributed by atoms with Gasteiger partial charge in [0, 0.05) is 11.1 Å². The maximum atomic E-state index is 14.5. The molecule has 0 aromatic heterocycles. The molecule has 0 saturated heterocycles. The summed E-state index contributed by atoms with van der Waals surface area (Å²) in [6.45, 7) is 4.21. The lowest BCUT2D eigenvalue weighted by molar-refractivity contribution is 0.619. The SMILES string of the molecule is CCCc1ccc(C=Cc2ccc(C[C@H](C)c3ccccc3)cc2F)c(F)c1. The van der Waals surface area contributed by atoms with E-state index in [1.807, 2.05) is 30.3 Å². The van der Waals surface area contributed by atoms with Crippen molar-refractivity contribution in [3.63, 3.8) is 0 Å². The minimum Gasteiger partial charge on any atom is -0.206 e. The summed E-state index contributed by atoms with van der Waals surface area (Å²) in [6, 6.07) is 20.8. The van der Waals surface area contributed by atoms with Gasteiger partial charge in [0.1, 0.15) is 11.6 Å². The molecule has 0 saturated carbocycles. The van der Waals surface area contributed by atoms with Crippen molar-refractivity contribution >= 4 is 12.2 Å². The zero-order chi connectivity index (χ0) is 19.9. The molecular weight excluding hydrogens is 350 g/mol. The Bertz CT molecular complexity index is 942. The van der Waals surface area contributed by atoms with E-state index < -0.39 is 0 Å². The maximum absolute atomic E-state index is 14.5. The van der Waals surface area contributed by atoms with E-state index in [9.17, 15) is 8.78 Å². The van der Waals surface area contributed by atoms with E-state index in [1.54, 1.807) is 36.4 Å². The van der Waals surface area contributed by atoms with Crippen molar-refractivity contribution in [2.24, 2.45) is 0 Å². The predicted molar refractivity (Wildman–Crippen MR) is 114 cm³/mol. The summed E-state index contributed by atoms with van der Waals surface area (Å²) in [6.07, 6.45) is 5.89. The van der Waals surface area contributed by atoms with Crippen molar-refractivity contribution in [1.82, 2.24) is 0 Å². The molecule has 0 radical (unpaired) electrons. The van der Waals surface area contributed by atoms with Crippen molar-refractivity contribution < 1.29 is 8.78 Å². The minimum absolute atomic E-state index is 0.268. The van der Waals surface area contributed by atoms with Crippen LogP contribution in [0.3, 0.4) is 0 Å². The van der Waals surface area contributed by atoms with Crippen LogP contribution in [0.2, 0.25) is 0 Å². The Balaban J connectivity index is 1.71. The average Bonchev–Trinajstić information content (AvgIpc) is 2.69. The molecule has 0 bridgehead atoms. The van der Waals surface area contributed by atoms with Gasteiger partial charge in [0.2, 0.25) is 0 Å². The molecule has 144 valence electrons. The molecule has 0 spiro atoms. The average molecular weight is 376 g/mol. The molecule has 3 rings (SSSR count). The summed E-state index contributed by atoms with van der Waals surface area (Å²) in [7, 11) is 0. The minimum atomic E-state index is -0.281. The fourth-order valence-corrected chi connectivity index (χ4v) is 3.42. The smallest absolute Gasteiger partial charge is 0.130 e. The molecular formula is C26H26F2. The van der Waals surface area contributed by atoms with Gasteiger partial charge < -0.3 is 0 Å². The lowest BCUT2D eigenvalue weighted by Crippen LogP contribution is -1.99. The van der Waals surface area contributed by atoms with Gasteiger partial charge in [-0.15, -0.1) is 0 Å². The highest BCUT2D eigenvalue weighted by Gasteiger charge is 2.08. The number of halogens is 2. The lowest BCUT2D eigenvalue weighted by atomic mass is 9.93. The largest absolute Gasteiger partial charge is 0.206 e. The third kappa shape index (κ3) is 5.16. The Kier molecular flexibility index (Phi) is 6.76. The molecule has 3 aromatic carbocycles. The summed E-state index contributed by atoms with van der Waals surface area (Å²) in [5, 5.41) is 0. The van der Waals surface area contributed by atoms with Crippen LogP contribution in [-0.2, 0) is 12.8 Å². The van der Waals surface area contributed by atoms with Gasteiger partial charge in [-0.25, -0.2) is 8.78 Å². The van der Waals surface area contributed by atoms with Gasteiger partial charge in [-0.05, 0) is 47.6 Å². The van der Waals surface area contributed by atoms with E-state index in [-0.39, 0.29) is 11.6 Å². The summed E-state index contributed by atoms with van der Waals surface area (Å²) in [4.78, 5) is 0. The first-order chi connectivity index (χ1) is 13.6. The Morgan fingerprint density at radius 2 is 1.36 bits per heavy atom. The Morgan fingerprint density at radius 1 is 0.786 bits per heavy atom. The van der Waals surface area contributed by atoms with Crippen LogP contribution < -0.4 is 0 Å². The summed E-state index contributed by atoms with van der Waals surface area (Å²) in [5.41, 5.74) is 4.13. The van der Waals surface area contributed by atoms with Crippen molar-refractivity contribution in [3.8, 4) is 0 Å². The van der Waals surface area contributed by atoms with Crippen LogP contribution in [0.1, 0.15) is 54.0 Å². The fourth-order valence-electron chi connectivity index (χ4n) is 3.42. The number of benzene rings is 3. The van der Waals surface area contributed by atoms with Gasteiger partial charge in [-0.1, -0.05) is 87.0 Å². The third-order valence-electron chi connectivity index (χ3n) is 5.02. The van der Waals surface area contributed by atoms with Crippen molar-refractivity contribution in [1.29, 1.82) is 0 Å². The molecule has 0 heterocycles. The molecule has 28 heavy (non-hydrogen) atoms. The molecule has 3 aromatic rings. The molecule has 0 unspecified atom stereocenters. The molecule has 0 amide bonds. The molecule has 1 atom stereocenters. The molecule has 0 fully saturated rings. The van der Waals surface area contributed by atoms with E-state index >= 15 is 0 Å². The van der Waals surface area contributed by atoms with Crippen LogP contribution in [0.25, 0.3) is 12.2 Å². The zero-order valence-corrected chi connectivity index (χ0v) is 16.5. The van der Waals surface area contributed by atoms with Gasteiger partial charge >= 0.3 is 0 Å². The van der Waals surface area contributed by atoms with Crippen molar-refractivity contribution in [3.05, 3.63) is 106 Å². The summed E-state index contributed by atoms with van der Waals surface area (Å²) >= 11 is 0. The standard InChI is InChI=1S/C26H26F2/c1-3-7-20-10-12-23(25(27)17-20)14-15-24-13-11-21(18-26(24)28)16-19(2)22-8-5-4-6-9-22/h4-6,8-15,17-19H,3,7,16H2,1-2H3/t19-/m0/s1. The van der Waals surface area contributed by atoms with E-state index in [0.717, 1.165) is 30.4 Å². The summed E-state index contributed by atoms with van der Waals surface area (Å²) < 4.78 is 28.7. The van der Waals surface area contributed by atoms with Gasteiger partial charge in [0.15, 0.2) is 0 Å². The first-order valence-corrected chi connectivity index (χ1v) is 9.86. The second-order valence-electron chi connectivity index (χ2n) is 7.31. The van der Waals surface area contributed by atoms with Crippen molar-refractivity contribution in [2.75, 3.05) is 0 Å². The first kappa shape index (κ1) is 20.0. The van der Waals surface area contributed by atoms with Crippen LogP contribution in [0, 0.1) is 11.6 Å². The summed E-state index contributed by atoms with van der Waals surface area (Å²) in [5.74, 6) is -0.231. The highest BCUT2D eigenvalue weighted by Crippen LogP contribution is 2.23. The van der Waals surface area contributed by atoms with Crippen LogP contribution >= 0.6 is 0 Å². The van der Waals surface area contributed by atoms with E-state index in [0.29, 0.717) is 17.0 Å². The third-order valence-corrected chi connectivity index (χ3v) is 5.02. The molecule has 0 N–H and O–H groups in total. The van der Waals surface area contributed by atoms with Gasteiger partial charge in [0.05, 0.1) is 0 Å². The van der Waals surface area contributed by atoms with Gasteiger partial charge in [0.25, 0.3) is 0 Å². The van der Waals surface area contributed by atoms with E-state index in [4.69, 9.17) is 0 Å². The molecule has 0 aliphatic rings. The van der Waals surface area contributed by atoms with Crippen molar-refractivity contribution in [2.45, 2.75) is 39.0 Å². The highest BCUT2D eigenvalue weighted by atomic mass is 19.1. The number of hydrogen-bond acceptors (Lipinski definition) is 0. The topological polar surface area (TPSA) is 0 Å². The van der Waals surface area contributed by atoms with Gasteiger partial charge in [-0.3, -0.25) is 0 Å². The molecule has 0 aliphatic heterocycles. The highest BCUT2D eigenvalue weighted by molar-refractivity contribution is 5.70. The van der Waals surface area contributed by atoms with Crippen LogP contribution in [-0.4, -0.2) is 0 Å². The van der Waals surface area contributed by atoms with Crippen LogP contribution in [0.5, 0.6) is 0 Å².